The number of carboxylic acid groups (broad SMARTS) is 1. The maximum atomic E-state index is 11.9. The Morgan fingerprint density at radius 1 is 1.47 bits per heavy atom. The van der Waals surface area contributed by atoms with Gasteiger partial charge in [0.1, 0.15) is 0 Å². The van der Waals surface area contributed by atoms with E-state index in [0.717, 1.165) is 10.0 Å². The van der Waals surface area contributed by atoms with E-state index >= 15 is 0 Å². The predicted molar refractivity (Wildman–Crippen MR) is 68.1 cm³/mol. The second-order valence-electron chi connectivity index (χ2n) is 3.91. The van der Waals surface area contributed by atoms with Gasteiger partial charge in [-0.25, -0.2) is 0 Å². The fourth-order valence-corrected chi connectivity index (χ4v) is 1.88. The van der Waals surface area contributed by atoms with Crippen molar-refractivity contribution in [3.05, 3.63) is 33.8 Å². The average molecular weight is 300 g/mol. The van der Waals surface area contributed by atoms with E-state index in [0.29, 0.717) is 5.56 Å². The van der Waals surface area contributed by atoms with Gasteiger partial charge in [0.2, 0.25) is 0 Å². The largest absolute Gasteiger partial charge is 0.481 e. The van der Waals surface area contributed by atoms with Gasteiger partial charge in [0.15, 0.2) is 0 Å². The van der Waals surface area contributed by atoms with Crippen LogP contribution in [0.4, 0.5) is 0 Å². The van der Waals surface area contributed by atoms with Crippen LogP contribution >= 0.6 is 15.9 Å². The third kappa shape index (κ3) is 3.85. The number of halogens is 1. The van der Waals surface area contributed by atoms with Crippen LogP contribution in [0.25, 0.3) is 0 Å². The molecule has 0 aliphatic heterocycles. The van der Waals surface area contributed by atoms with Crippen molar-refractivity contribution < 1.29 is 14.7 Å². The van der Waals surface area contributed by atoms with E-state index in [9.17, 15) is 9.59 Å². The molecule has 0 saturated carbocycles. The molecule has 1 aromatic carbocycles. The van der Waals surface area contributed by atoms with Gasteiger partial charge in [-0.2, -0.15) is 0 Å². The summed E-state index contributed by atoms with van der Waals surface area (Å²) in [6.45, 7) is 3.55. The summed E-state index contributed by atoms with van der Waals surface area (Å²) in [4.78, 5) is 22.4. The molecule has 0 fully saturated rings. The Kier molecular flexibility index (Phi) is 4.69. The number of carbonyl (C=O) groups excluding carboxylic acids is 1. The molecule has 5 heteroatoms. The Morgan fingerprint density at radius 3 is 2.71 bits per heavy atom. The summed E-state index contributed by atoms with van der Waals surface area (Å²) in [7, 11) is 0. The summed E-state index contributed by atoms with van der Waals surface area (Å²) in [5, 5.41) is 11.3. The zero-order chi connectivity index (χ0) is 13.0. The van der Waals surface area contributed by atoms with Crippen molar-refractivity contribution in [2.24, 2.45) is 0 Å². The van der Waals surface area contributed by atoms with E-state index in [1.54, 1.807) is 19.1 Å². The molecule has 0 aromatic heterocycles. The topological polar surface area (TPSA) is 66.4 Å². The van der Waals surface area contributed by atoms with Crippen LogP contribution in [0.5, 0.6) is 0 Å². The monoisotopic (exact) mass is 299 g/mol. The van der Waals surface area contributed by atoms with Crippen molar-refractivity contribution in [1.82, 2.24) is 5.32 Å². The highest BCUT2D eigenvalue weighted by atomic mass is 79.9. The van der Waals surface area contributed by atoms with Gasteiger partial charge in [-0.05, 0) is 41.4 Å². The van der Waals surface area contributed by atoms with Gasteiger partial charge in [-0.1, -0.05) is 12.1 Å². The van der Waals surface area contributed by atoms with Crippen molar-refractivity contribution in [1.29, 1.82) is 0 Å². The Bertz CT molecular complexity index is 445. The first-order valence-corrected chi connectivity index (χ1v) is 5.99. The molecule has 1 amide bonds. The summed E-state index contributed by atoms with van der Waals surface area (Å²) >= 11 is 3.34. The normalized spacial score (nSPS) is 11.9. The molecule has 0 spiro atoms. The highest BCUT2D eigenvalue weighted by molar-refractivity contribution is 9.10. The summed E-state index contributed by atoms with van der Waals surface area (Å²) in [5.74, 6) is -1.20. The Labute approximate surface area is 108 Å². The van der Waals surface area contributed by atoms with Gasteiger partial charge >= 0.3 is 5.97 Å². The second kappa shape index (κ2) is 5.82. The molecule has 0 aliphatic rings. The number of rotatable bonds is 4. The molecule has 92 valence electrons. The van der Waals surface area contributed by atoms with Crippen LogP contribution in [0.2, 0.25) is 0 Å². The number of carbonyl (C=O) groups is 2. The molecule has 1 atom stereocenters. The fourth-order valence-electron chi connectivity index (χ4n) is 1.44. The lowest BCUT2D eigenvalue weighted by Gasteiger charge is -2.13. The molecule has 17 heavy (non-hydrogen) atoms. The SMILES string of the molecule is Cc1cccc(C(=O)NC(C)CC(=O)O)c1Br. The molecular weight excluding hydrogens is 286 g/mol. The first-order valence-electron chi connectivity index (χ1n) is 5.19. The maximum absolute atomic E-state index is 11.9. The number of hydrogen-bond donors (Lipinski definition) is 2. The number of aryl methyl sites for hydroxylation is 1. The average Bonchev–Trinajstić information content (AvgIpc) is 2.20. The molecule has 1 aromatic rings. The zero-order valence-corrected chi connectivity index (χ0v) is 11.2. The van der Waals surface area contributed by atoms with Gasteiger partial charge in [0.05, 0.1) is 12.0 Å². The molecule has 0 heterocycles. The number of amides is 1. The van der Waals surface area contributed by atoms with Crippen molar-refractivity contribution in [3.63, 3.8) is 0 Å². The van der Waals surface area contributed by atoms with E-state index in [1.165, 1.54) is 0 Å². The van der Waals surface area contributed by atoms with Gasteiger partial charge in [-0.15, -0.1) is 0 Å². The van der Waals surface area contributed by atoms with E-state index < -0.39 is 12.0 Å². The Balaban J connectivity index is 2.77. The van der Waals surface area contributed by atoms with E-state index in [1.807, 2.05) is 13.0 Å². The lowest BCUT2D eigenvalue weighted by Crippen LogP contribution is -2.34. The zero-order valence-electron chi connectivity index (χ0n) is 9.66. The predicted octanol–water partition coefficient (Wildman–Crippen LogP) is 2.35. The van der Waals surface area contributed by atoms with Crippen LogP contribution in [0.3, 0.4) is 0 Å². The molecule has 0 bridgehead atoms. The van der Waals surface area contributed by atoms with Crippen LogP contribution in [0.15, 0.2) is 22.7 Å². The first-order chi connectivity index (χ1) is 7.91. The van der Waals surface area contributed by atoms with Gasteiger partial charge < -0.3 is 10.4 Å². The summed E-state index contributed by atoms with van der Waals surface area (Å²) in [5.41, 5.74) is 1.48. The van der Waals surface area contributed by atoms with Crippen molar-refractivity contribution >= 4 is 27.8 Å². The van der Waals surface area contributed by atoms with Gasteiger partial charge in [0.25, 0.3) is 5.91 Å². The van der Waals surface area contributed by atoms with Crippen LogP contribution in [0.1, 0.15) is 29.3 Å². The van der Waals surface area contributed by atoms with E-state index in [-0.39, 0.29) is 12.3 Å². The van der Waals surface area contributed by atoms with Crippen LogP contribution < -0.4 is 5.32 Å². The minimum atomic E-state index is -0.930. The van der Waals surface area contributed by atoms with Crippen LogP contribution in [-0.2, 0) is 4.79 Å². The Morgan fingerprint density at radius 2 is 2.12 bits per heavy atom. The number of hydrogen-bond acceptors (Lipinski definition) is 2. The smallest absolute Gasteiger partial charge is 0.305 e. The highest BCUT2D eigenvalue weighted by Gasteiger charge is 2.15. The van der Waals surface area contributed by atoms with E-state index in [2.05, 4.69) is 21.2 Å². The van der Waals surface area contributed by atoms with Gasteiger partial charge in [0, 0.05) is 10.5 Å². The molecule has 0 aliphatic carbocycles. The minimum Gasteiger partial charge on any atom is -0.481 e. The van der Waals surface area contributed by atoms with Crippen molar-refractivity contribution in [2.75, 3.05) is 0 Å². The molecule has 1 rings (SSSR count). The number of carboxylic acids is 1. The molecule has 2 N–H and O–H groups in total. The van der Waals surface area contributed by atoms with Gasteiger partial charge in [-0.3, -0.25) is 9.59 Å². The molecule has 0 radical (unpaired) electrons. The van der Waals surface area contributed by atoms with Crippen molar-refractivity contribution in [2.45, 2.75) is 26.3 Å². The number of nitrogens with one attached hydrogen (secondary N) is 1. The number of aliphatic carboxylic acids is 1. The first kappa shape index (κ1) is 13.7. The van der Waals surface area contributed by atoms with Crippen LogP contribution in [0, 0.1) is 6.92 Å². The lowest BCUT2D eigenvalue weighted by atomic mass is 10.1. The summed E-state index contributed by atoms with van der Waals surface area (Å²) in [6, 6.07) is 4.98. The summed E-state index contributed by atoms with van der Waals surface area (Å²) < 4.78 is 0.736. The standard InChI is InChI=1S/C12H14BrNO3/c1-7-4-3-5-9(11(7)13)12(17)14-8(2)6-10(15)16/h3-5,8H,6H2,1-2H3,(H,14,17)(H,15,16). The summed E-state index contributed by atoms with van der Waals surface area (Å²) in [6.07, 6.45) is -0.0881. The van der Waals surface area contributed by atoms with E-state index in [4.69, 9.17) is 5.11 Å². The van der Waals surface area contributed by atoms with Crippen LogP contribution in [-0.4, -0.2) is 23.0 Å². The minimum absolute atomic E-state index is 0.0881. The fraction of sp³-hybridized carbons (Fsp3) is 0.333. The molecular formula is C12H14BrNO3. The molecule has 1 unspecified atom stereocenters. The Hall–Kier alpha value is -1.36. The van der Waals surface area contributed by atoms with Crippen molar-refractivity contribution in [3.8, 4) is 0 Å². The molecule has 4 nitrogen and oxygen atoms in total. The third-order valence-corrected chi connectivity index (χ3v) is 3.35. The number of benzene rings is 1. The third-order valence-electron chi connectivity index (χ3n) is 2.29. The highest BCUT2D eigenvalue weighted by Crippen LogP contribution is 2.20. The quantitative estimate of drug-likeness (QED) is 0.897. The second-order valence-corrected chi connectivity index (χ2v) is 4.70. The lowest BCUT2D eigenvalue weighted by molar-refractivity contribution is -0.137. The maximum Gasteiger partial charge on any atom is 0.305 e. The molecule has 0 saturated heterocycles.